The standard InChI is InChI=1S/C14H23NOSi/c1-5-10-17(3,4)11-13-6-8-14(9-7-13)15-12(2)16/h6-9H,5,10-11H2,1-4H3,(H,15,16). The molecule has 2 nitrogen and oxygen atoms in total. The predicted molar refractivity (Wildman–Crippen MR) is 77.0 cm³/mol. The fraction of sp³-hybridized carbons (Fsp3) is 0.500. The second-order valence-electron chi connectivity index (χ2n) is 5.47. The fourth-order valence-electron chi connectivity index (χ4n) is 2.23. The van der Waals surface area contributed by atoms with Gasteiger partial charge in [0.05, 0.1) is 8.07 Å². The second kappa shape index (κ2) is 6.01. The topological polar surface area (TPSA) is 29.1 Å². The largest absolute Gasteiger partial charge is 0.326 e. The number of amides is 1. The molecule has 0 radical (unpaired) electrons. The Bertz CT molecular complexity index is 370. The molecule has 3 heteroatoms. The molecule has 0 heterocycles. The van der Waals surface area contributed by atoms with Gasteiger partial charge < -0.3 is 5.32 Å². The predicted octanol–water partition coefficient (Wildman–Crippen LogP) is 3.85. The molecule has 0 aliphatic rings. The Morgan fingerprint density at radius 3 is 2.29 bits per heavy atom. The van der Waals surface area contributed by atoms with Gasteiger partial charge in [0.15, 0.2) is 0 Å². The van der Waals surface area contributed by atoms with E-state index < -0.39 is 8.07 Å². The lowest BCUT2D eigenvalue weighted by molar-refractivity contribution is -0.114. The third-order valence-corrected chi connectivity index (χ3v) is 6.10. The molecule has 0 saturated heterocycles. The average molecular weight is 249 g/mol. The van der Waals surface area contributed by atoms with Gasteiger partial charge in [-0.25, -0.2) is 0 Å². The van der Waals surface area contributed by atoms with Crippen molar-refractivity contribution in [1.82, 2.24) is 0 Å². The van der Waals surface area contributed by atoms with Crippen molar-refractivity contribution >= 4 is 19.7 Å². The molecular formula is C14H23NOSi. The number of hydrogen-bond donors (Lipinski definition) is 1. The minimum Gasteiger partial charge on any atom is -0.326 e. The number of carbonyl (C=O) groups is 1. The lowest BCUT2D eigenvalue weighted by Crippen LogP contribution is -2.28. The summed E-state index contributed by atoms with van der Waals surface area (Å²) < 4.78 is 0. The average Bonchev–Trinajstić information content (AvgIpc) is 2.19. The van der Waals surface area contributed by atoms with Crippen molar-refractivity contribution < 1.29 is 4.79 Å². The van der Waals surface area contributed by atoms with Crippen molar-refractivity contribution in [2.45, 2.75) is 45.5 Å². The molecule has 1 amide bonds. The van der Waals surface area contributed by atoms with Crippen molar-refractivity contribution in [1.29, 1.82) is 0 Å². The van der Waals surface area contributed by atoms with E-state index in [0.717, 1.165) is 5.69 Å². The third-order valence-electron chi connectivity index (χ3n) is 2.88. The molecular weight excluding hydrogens is 226 g/mol. The molecule has 0 fully saturated rings. The van der Waals surface area contributed by atoms with Crippen molar-refractivity contribution in [3.05, 3.63) is 29.8 Å². The highest BCUT2D eigenvalue weighted by Crippen LogP contribution is 2.19. The van der Waals surface area contributed by atoms with E-state index in [9.17, 15) is 4.79 Å². The molecule has 0 aliphatic carbocycles. The van der Waals surface area contributed by atoms with Crippen LogP contribution in [-0.2, 0) is 10.8 Å². The maximum Gasteiger partial charge on any atom is 0.221 e. The van der Waals surface area contributed by atoms with Crippen LogP contribution < -0.4 is 5.32 Å². The van der Waals surface area contributed by atoms with Crippen LogP contribution in [0.5, 0.6) is 0 Å². The molecule has 1 rings (SSSR count). The number of rotatable bonds is 5. The van der Waals surface area contributed by atoms with Crippen LogP contribution in [0.25, 0.3) is 0 Å². The van der Waals surface area contributed by atoms with E-state index in [0.29, 0.717) is 0 Å². The highest BCUT2D eigenvalue weighted by Gasteiger charge is 2.19. The summed E-state index contributed by atoms with van der Waals surface area (Å²) in [6, 6.07) is 10.9. The highest BCUT2D eigenvalue weighted by molar-refractivity contribution is 6.76. The van der Waals surface area contributed by atoms with Gasteiger partial charge in [0, 0.05) is 12.6 Å². The van der Waals surface area contributed by atoms with Gasteiger partial charge in [-0.05, 0) is 18.2 Å². The number of anilines is 1. The summed E-state index contributed by atoms with van der Waals surface area (Å²) in [5.74, 6) is -0.0153. The highest BCUT2D eigenvalue weighted by atomic mass is 28.3. The van der Waals surface area contributed by atoms with Gasteiger partial charge in [0.1, 0.15) is 0 Å². The molecule has 1 aromatic rings. The van der Waals surface area contributed by atoms with E-state index >= 15 is 0 Å². The van der Waals surface area contributed by atoms with Gasteiger partial charge in [-0.3, -0.25) is 4.79 Å². The number of nitrogens with one attached hydrogen (secondary N) is 1. The Labute approximate surface area is 105 Å². The first kappa shape index (κ1) is 14.0. The van der Waals surface area contributed by atoms with Crippen LogP contribution in [-0.4, -0.2) is 14.0 Å². The molecule has 94 valence electrons. The van der Waals surface area contributed by atoms with Gasteiger partial charge in [-0.15, -0.1) is 0 Å². The molecule has 0 unspecified atom stereocenters. The zero-order valence-corrected chi connectivity index (χ0v) is 12.3. The fourth-order valence-corrected chi connectivity index (χ4v) is 5.10. The SMILES string of the molecule is CCC[Si](C)(C)Cc1ccc(NC(C)=O)cc1. The van der Waals surface area contributed by atoms with Gasteiger partial charge in [-0.1, -0.05) is 50.2 Å². The number of benzene rings is 1. The normalized spacial score (nSPS) is 11.3. The van der Waals surface area contributed by atoms with Crippen LogP contribution in [0.3, 0.4) is 0 Å². The zero-order valence-electron chi connectivity index (χ0n) is 11.3. The van der Waals surface area contributed by atoms with Crippen molar-refractivity contribution in [3.8, 4) is 0 Å². The molecule has 0 spiro atoms. The van der Waals surface area contributed by atoms with Crippen molar-refractivity contribution in [3.63, 3.8) is 0 Å². The monoisotopic (exact) mass is 249 g/mol. The molecule has 0 aromatic heterocycles. The minimum atomic E-state index is -1.08. The van der Waals surface area contributed by atoms with E-state index in [1.807, 2.05) is 12.1 Å². The van der Waals surface area contributed by atoms with E-state index in [4.69, 9.17) is 0 Å². The molecule has 0 aliphatic heterocycles. The smallest absolute Gasteiger partial charge is 0.221 e. The van der Waals surface area contributed by atoms with E-state index in [1.54, 1.807) is 0 Å². The van der Waals surface area contributed by atoms with E-state index in [-0.39, 0.29) is 5.91 Å². The van der Waals surface area contributed by atoms with Gasteiger partial charge in [-0.2, -0.15) is 0 Å². The number of carbonyl (C=O) groups excluding carboxylic acids is 1. The maximum atomic E-state index is 10.9. The van der Waals surface area contributed by atoms with Crippen LogP contribution in [0, 0.1) is 0 Å². The second-order valence-corrected chi connectivity index (χ2v) is 10.7. The summed E-state index contributed by atoms with van der Waals surface area (Å²) in [5, 5.41) is 2.79. The summed E-state index contributed by atoms with van der Waals surface area (Å²) in [5.41, 5.74) is 2.28. The Balaban J connectivity index is 2.65. The van der Waals surface area contributed by atoms with Crippen LogP contribution in [0.1, 0.15) is 25.8 Å². The van der Waals surface area contributed by atoms with Crippen LogP contribution in [0.4, 0.5) is 5.69 Å². The third kappa shape index (κ3) is 5.17. The summed E-state index contributed by atoms with van der Waals surface area (Å²) in [6.45, 7) is 8.68. The van der Waals surface area contributed by atoms with E-state index in [1.165, 1.54) is 31.0 Å². The molecule has 0 atom stereocenters. The first-order valence-corrected chi connectivity index (χ1v) is 9.71. The van der Waals surface area contributed by atoms with Crippen LogP contribution in [0.15, 0.2) is 24.3 Å². The molecule has 17 heavy (non-hydrogen) atoms. The Kier molecular flexibility index (Phi) is 4.94. The summed E-state index contributed by atoms with van der Waals surface area (Å²) in [4.78, 5) is 10.9. The first-order valence-electron chi connectivity index (χ1n) is 6.29. The molecule has 1 N–H and O–H groups in total. The summed E-state index contributed by atoms with van der Waals surface area (Å²) in [7, 11) is -1.08. The van der Waals surface area contributed by atoms with Gasteiger partial charge in [0.25, 0.3) is 0 Å². The Morgan fingerprint density at radius 2 is 1.82 bits per heavy atom. The zero-order chi connectivity index (χ0) is 12.9. The lowest BCUT2D eigenvalue weighted by atomic mass is 10.2. The summed E-state index contributed by atoms with van der Waals surface area (Å²) in [6.07, 6.45) is 1.28. The van der Waals surface area contributed by atoms with Gasteiger partial charge in [0.2, 0.25) is 5.91 Å². The Hall–Kier alpha value is -1.09. The maximum absolute atomic E-state index is 10.9. The van der Waals surface area contributed by atoms with Crippen LogP contribution in [0.2, 0.25) is 19.1 Å². The molecule has 0 saturated carbocycles. The molecule has 0 bridgehead atoms. The summed E-state index contributed by atoms with van der Waals surface area (Å²) >= 11 is 0. The quantitative estimate of drug-likeness (QED) is 0.789. The number of hydrogen-bond acceptors (Lipinski definition) is 1. The lowest BCUT2D eigenvalue weighted by Gasteiger charge is -2.21. The van der Waals surface area contributed by atoms with Crippen molar-refractivity contribution in [2.75, 3.05) is 5.32 Å². The van der Waals surface area contributed by atoms with Gasteiger partial charge >= 0.3 is 0 Å². The van der Waals surface area contributed by atoms with E-state index in [2.05, 4.69) is 37.5 Å². The van der Waals surface area contributed by atoms with Crippen molar-refractivity contribution in [2.24, 2.45) is 0 Å². The minimum absolute atomic E-state index is 0.0153. The molecule has 1 aromatic carbocycles. The Morgan fingerprint density at radius 1 is 1.24 bits per heavy atom. The van der Waals surface area contributed by atoms with Crippen LogP contribution >= 0.6 is 0 Å². The first-order chi connectivity index (χ1) is 7.93.